The van der Waals surface area contributed by atoms with Crippen molar-refractivity contribution in [2.24, 2.45) is 5.84 Å². The maximum absolute atomic E-state index is 14.4. The Hall–Kier alpha value is -1.75. The maximum atomic E-state index is 14.4. The topological polar surface area (TPSA) is 38.0 Å². The molecule has 0 aliphatic rings. The molecule has 3 N–H and O–H groups in total. The van der Waals surface area contributed by atoms with Gasteiger partial charge in [0.05, 0.1) is 10.5 Å². The van der Waals surface area contributed by atoms with Gasteiger partial charge in [-0.15, -0.1) is 0 Å². The molecule has 0 saturated carbocycles. The van der Waals surface area contributed by atoms with Gasteiger partial charge in [0.1, 0.15) is 5.82 Å². The van der Waals surface area contributed by atoms with E-state index in [4.69, 9.17) is 5.84 Å². The highest BCUT2D eigenvalue weighted by atomic mass is 79.9. The van der Waals surface area contributed by atoms with Gasteiger partial charge in [0.15, 0.2) is 0 Å². The molecule has 3 rings (SSSR count). The van der Waals surface area contributed by atoms with Crippen LogP contribution >= 0.6 is 15.9 Å². The summed E-state index contributed by atoms with van der Waals surface area (Å²) in [6.07, 6.45) is 0. The fraction of sp³-hybridized carbons (Fsp3) is 0.0588. The number of benzene rings is 3. The molecule has 0 amide bonds. The summed E-state index contributed by atoms with van der Waals surface area (Å²) < 4.78 is 14.8. The average Bonchev–Trinajstić information content (AvgIpc) is 2.52. The van der Waals surface area contributed by atoms with Crippen LogP contribution in [0.1, 0.15) is 17.2 Å². The van der Waals surface area contributed by atoms with Crippen LogP contribution in [-0.2, 0) is 0 Å². The van der Waals surface area contributed by atoms with Crippen molar-refractivity contribution in [3.05, 3.63) is 82.1 Å². The van der Waals surface area contributed by atoms with Crippen molar-refractivity contribution in [2.45, 2.75) is 6.04 Å². The number of hydrazine groups is 1. The monoisotopic (exact) mass is 344 g/mol. The number of fused-ring (bicyclic) bond motifs is 1. The summed E-state index contributed by atoms with van der Waals surface area (Å²) in [5, 5.41) is 2.16. The molecule has 0 spiro atoms. The number of hydrogen-bond donors (Lipinski definition) is 2. The van der Waals surface area contributed by atoms with Crippen LogP contribution in [0.5, 0.6) is 0 Å². The van der Waals surface area contributed by atoms with E-state index in [1.807, 2.05) is 42.5 Å². The molecule has 106 valence electrons. The van der Waals surface area contributed by atoms with Crippen molar-refractivity contribution < 1.29 is 4.39 Å². The van der Waals surface area contributed by atoms with Gasteiger partial charge in [-0.05, 0) is 38.3 Å². The summed E-state index contributed by atoms with van der Waals surface area (Å²) in [4.78, 5) is 0. The lowest BCUT2D eigenvalue weighted by molar-refractivity contribution is 0.557. The lowest BCUT2D eigenvalue weighted by atomic mass is 9.94. The number of hydrogen-bond acceptors (Lipinski definition) is 2. The summed E-state index contributed by atoms with van der Waals surface area (Å²) in [5.41, 5.74) is 4.20. The Bertz CT molecular complexity index is 783. The summed E-state index contributed by atoms with van der Waals surface area (Å²) in [6.45, 7) is 0. The average molecular weight is 345 g/mol. The van der Waals surface area contributed by atoms with Crippen molar-refractivity contribution in [3.63, 3.8) is 0 Å². The van der Waals surface area contributed by atoms with E-state index in [2.05, 4.69) is 21.4 Å². The zero-order valence-corrected chi connectivity index (χ0v) is 12.8. The third-order valence-electron chi connectivity index (χ3n) is 3.59. The highest BCUT2D eigenvalue weighted by molar-refractivity contribution is 9.10. The standard InChI is InChI=1S/C17H14BrFN2/c18-15-10-4-9-14(16(15)19)17(21-20)13-8-3-6-11-5-1-2-7-12(11)13/h1-10,17,21H,20H2. The SMILES string of the molecule is NNC(c1cccc(Br)c1F)c1cccc2ccccc12. The Kier molecular flexibility index (Phi) is 4.01. The quantitative estimate of drug-likeness (QED) is 0.549. The maximum Gasteiger partial charge on any atom is 0.142 e. The van der Waals surface area contributed by atoms with Crippen LogP contribution < -0.4 is 11.3 Å². The highest BCUT2D eigenvalue weighted by Crippen LogP contribution is 2.31. The molecule has 4 heteroatoms. The number of nitrogens with one attached hydrogen (secondary N) is 1. The van der Waals surface area contributed by atoms with Crippen molar-refractivity contribution in [1.82, 2.24) is 5.43 Å². The van der Waals surface area contributed by atoms with Gasteiger partial charge < -0.3 is 0 Å². The van der Waals surface area contributed by atoms with Gasteiger partial charge in [0.25, 0.3) is 0 Å². The number of rotatable bonds is 3. The molecule has 1 unspecified atom stereocenters. The van der Waals surface area contributed by atoms with Crippen LogP contribution in [0, 0.1) is 5.82 Å². The number of nitrogens with two attached hydrogens (primary N) is 1. The van der Waals surface area contributed by atoms with Crippen LogP contribution in [0.25, 0.3) is 10.8 Å². The van der Waals surface area contributed by atoms with Crippen LogP contribution in [0.15, 0.2) is 65.1 Å². The summed E-state index contributed by atoms with van der Waals surface area (Å²) in [5.74, 6) is 5.42. The first-order valence-electron chi connectivity index (χ1n) is 6.60. The van der Waals surface area contributed by atoms with E-state index in [1.165, 1.54) is 0 Å². The minimum Gasteiger partial charge on any atom is -0.271 e. The predicted octanol–water partition coefficient (Wildman–Crippen LogP) is 4.29. The molecule has 0 fully saturated rings. The lowest BCUT2D eigenvalue weighted by Gasteiger charge is -2.20. The molecular formula is C17H14BrFN2. The Morgan fingerprint density at radius 1 is 0.905 bits per heavy atom. The summed E-state index contributed by atoms with van der Waals surface area (Å²) in [7, 11) is 0. The molecule has 1 atom stereocenters. The normalized spacial score (nSPS) is 12.5. The third kappa shape index (κ3) is 2.58. The van der Waals surface area contributed by atoms with Crippen molar-refractivity contribution in [3.8, 4) is 0 Å². The highest BCUT2D eigenvalue weighted by Gasteiger charge is 2.19. The zero-order chi connectivity index (χ0) is 14.8. The first-order chi connectivity index (χ1) is 10.2. The fourth-order valence-corrected chi connectivity index (χ4v) is 2.97. The van der Waals surface area contributed by atoms with E-state index in [9.17, 15) is 4.39 Å². The van der Waals surface area contributed by atoms with Gasteiger partial charge >= 0.3 is 0 Å². The van der Waals surface area contributed by atoms with E-state index in [0.717, 1.165) is 16.3 Å². The number of halogens is 2. The van der Waals surface area contributed by atoms with Gasteiger partial charge in [-0.25, -0.2) is 9.82 Å². The molecule has 0 radical (unpaired) electrons. The van der Waals surface area contributed by atoms with E-state index in [1.54, 1.807) is 18.2 Å². The molecule has 3 aromatic rings. The van der Waals surface area contributed by atoms with E-state index in [-0.39, 0.29) is 5.82 Å². The van der Waals surface area contributed by atoms with Gasteiger partial charge in [0, 0.05) is 5.56 Å². The van der Waals surface area contributed by atoms with Crippen molar-refractivity contribution >= 4 is 26.7 Å². The lowest BCUT2D eigenvalue weighted by Crippen LogP contribution is -2.29. The molecule has 0 heterocycles. The summed E-state index contributed by atoms with van der Waals surface area (Å²) >= 11 is 3.22. The Labute approximate surface area is 130 Å². The largest absolute Gasteiger partial charge is 0.271 e. The van der Waals surface area contributed by atoms with E-state index >= 15 is 0 Å². The van der Waals surface area contributed by atoms with Crippen molar-refractivity contribution in [2.75, 3.05) is 0 Å². The second-order valence-electron chi connectivity index (χ2n) is 4.81. The molecular weight excluding hydrogens is 331 g/mol. The van der Waals surface area contributed by atoms with Gasteiger partial charge in [-0.1, -0.05) is 54.6 Å². The van der Waals surface area contributed by atoms with Crippen LogP contribution in [0.3, 0.4) is 0 Å². The van der Waals surface area contributed by atoms with Crippen LogP contribution in [-0.4, -0.2) is 0 Å². The molecule has 2 nitrogen and oxygen atoms in total. The van der Waals surface area contributed by atoms with E-state index < -0.39 is 6.04 Å². The molecule has 0 aliphatic heterocycles. The second kappa shape index (κ2) is 5.93. The smallest absolute Gasteiger partial charge is 0.142 e. The first kappa shape index (κ1) is 14.2. The van der Waals surface area contributed by atoms with Crippen molar-refractivity contribution in [1.29, 1.82) is 0 Å². The molecule has 0 saturated heterocycles. The van der Waals surface area contributed by atoms with Crippen LogP contribution in [0.4, 0.5) is 4.39 Å². The molecule has 0 bridgehead atoms. The second-order valence-corrected chi connectivity index (χ2v) is 5.67. The minimum atomic E-state index is -0.409. The van der Waals surface area contributed by atoms with Gasteiger partial charge in [0.2, 0.25) is 0 Å². The molecule has 0 aliphatic carbocycles. The van der Waals surface area contributed by atoms with Gasteiger partial charge in [-0.2, -0.15) is 0 Å². The first-order valence-corrected chi connectivity index (χ1v) is 7.39. The summed E-state index contributed by atoms with van der Waals surface area (Å²) in [6, 6.07) is 18.8. The molecule has 0 aromatic heterocycles. The minimum absolute atomic E-state index is 0.298. The van der Waals surface area contributed by atoms with Gasteiger partial charge in [-0.3, -0.25) is 5.84 Å². The predicted molar refractivity (Wildman–Crippen MR) is 87.2 cm³/mol. The van der Waals surface area contributed by atoms with Crippen LogP contribution in [0.2, 0.25) is 0 Å². The fourth-order valence-electron chi connectivity index (χ4n) is 2.59. The Morgan fingerprint density at radius 3 is 2.38 bits per heavy atom. The molecule has 3 aromatic carbocycles. The zero-order valence-electron chi connectivity index (χ0n) is 11.2. The van der Waals surface area contributed by atoms with E-state index in [0.29, 0.717) is 10.0 Å². The molecule has 21 heavy (non-hydrogen) atoms. The Balaban J connectivity index is 2.21. The Morgan fingerprint density at radius 2 is 1.57 bits per heavy atom. The third-order valence-corrected chi connectivity index (χ3v) is 4.21.